The van der Waals surface area contributed by atoms with Crippen LogP contribution in [-0.4, -0.2) is 35.1 Å². The molecule has 0 bridgehead atoms. The van der Waals surface area contributed by atoms with Gasteiger partial charge in [-0.1, -0.05) is 11.6 Å². The first-order chi connectivity index (χ1) is 8.54. The number of nitrogens with two attached hydrogens (primary N) is 1. The number of carbonyl (C=O) groups excluding carboxylic acids is 1. The fourth-order valence-corrected chi connectivity index (χ4v) is 1.28. The molecule has 0 atom stereocenters. The zero-order valence-corrected chi connectivity index (χ0v) is 10.5. The van der Waals surface area contributed by atoms with Crippen LogP contribution in [0.15, 0.2) is 28.1 Å². The predicted octanol–water partition coefficient (Wildman–Crippen LogP) is 0.0541. The smallest absolute Gasteiger partial charge is 0.358 e. The van der Waals surface area contributed by atoms with E-state index < -0.39 is 11.5 Å². The molecular weight excluding hydrogens is 260 g/mol. The second-order valence-corrected chi connectivity index (χ2v) is 3.38. The van der Waals surface area contributed by atoms with E-state index in [4.69, 9.17) is 17.3 Å². The minimum atomic E-state index is -0.676. The van der Waals surface area contributed by atoms with Crippen molar-refractivity contribution in [1.29, 1.82) is 0 Å². The maximum Gasteiger partial charge on any atom is 0.358 e. The van der Waals surface area contributed by atoms with Crippen molar-refractivity contribution in [1.82, 2.24) is 9.78 Å². The number of halogens is 1. The molecule has 1 heterocycles. The highest BCUT2D eigenvalue weighted by Gasteiger charge is 2.14. The van der Waals surface area contributed by atoms with Gasteiger partial charge in [0.25, 0.3) is 5.56 Å². The summed E-state index contributed by atoms with van der Waals surface area (Å²) in [7, 11) is 2.64. The number of carbonyl (C=O) groups is 1. The number of allylic oxidation sites excluding steroid dienone is 1. The lowest BCUT2D eigenvalue weighted by Crippen LogP contribution is -2.26. The standard InChI is InChI=1S/C10H11ClN4O3/c1-13-9(11)7(5-12)15-8(16)4-3-6(14-15)10(17)18-2/h3-5H,12H2,1-2H3. The van der Waals surface area contributed by atoms with Crippen LogP contribution >= 0.6 is 11.6 Å². The van der Waals surface area contributed by atoms with Crippen molar-refractivity contribution in [3.63, 3.8) is 0 Å². The fourth-order valence-electron chi connectivity index (χ4n) is 1.14. The summed E-state index contributed by atoms with van der Waals surface area (Å²) in [4.78, 5) is 26.6. The summed E-state index contributed by atoms with van der Waals surface area (Å²) in [6.07, 6.45) is 1.07. The molecule has 0 fully saturated rings. The van der Waals surface area contributed by atoms with Crippen LogP contribution in [0.25, 0.3) is 5.70 Å². The molecule has 0 amide bonds. The van der Waals surface area contributed by atoms with Crippen LogP contribution in [0.3, 0.4) is 0 Å². The second-order valence-electron chi connectivity index (χ2n) is 3.03. The number of esters is 1. The minimum absolute atomic E-state index is 0.00545. The van der Waals surface area contributed by atoms with Crippen LogP contribution < -0.4 is 11.3 Å². The fraction of sp³-hybridized carbons (Fsp3) is 0.200. The Morgan fingerprint density at radius 1 is 1.61 bits per heavy atom. The predicted molar refractivity (Wildman–Crippen MR) is 67.5 cm³/mol. The van der Waals surface area contributed by atoms with Gasteiger partial charge in [0.15, 0.2) is 10.9 Å². The molecule has 0 radical (unpaired) electrons. The number of rotatable bonds is 3. The zero-order valence-electron chi connectivity index (χ0n) is 9.75. The van der Waals surface area contributed by atoms with Gasteiger partial charge in [-0.25, -0.2) is 4.79 Å². The molecule has 0 spiro atoms. The molecule has 1 aromatic rings. The van der Waals surface area contributed by atoms with E-state index in [1.807, 2.05) is 0 Å². The molecule has 1 aromatic heterocycles. The average molecular weight is 271 g/mol. The maximum atomic E-state index is 11.6. The Hall–Kier alpha value is -2.15. The number of aliphatic imine (C=N–C) groups is 1. The van der Waals surface area contributed by atoms with Gasteiger partial charge in [-0.15, -0.1) is 0 Å². The van der Waals surface area contributed by atoms with Crippen LogP contribution in [0, 0.1) is 0 Å². The number of nitrogens with zero attached hydrogens (tertiary/aromatic N) is 3. The van der Waals surface area contributed by atoms with E-state index in [1.165, 1.54) is 20.2 Å². The third-order valence-electron chi connectivity index (χ3n) is 1.99. The third-order valence-corrected chi connectivity index (χ3v) is 2.35. The summed E-state index contributed by atoms with van der Waals surface area (Å²) in [5.74, 6) is -0.676. The summed E-state index contributed by atoms with van der Waals surface area (Å²) in [6, 6.07) is 2.40. The molecule has 8 heteroatoms. The van der Waals surface area contributed by atoms with Crippen molar-refractivity contribution in [2.45, 2.75) is 0 Å². The van der Waals surface area contributed by atoms with Gasteiger partial charge in [0.1, 0.15) is 5.70 Å². The summed E-state index contributed by atoms with van der Waals surface area (Å²) < 4.78 is 5.38. The van der Waals surface area contributed by atoms with E-state index in [2.05, 4.69) is 14.8 Å². The molecule has 7 nitrogen and oxygen atoms in total. The van der Waals surface area contributed by atoms with Crippen LogP contribution in [0.2, 0.25) is 0 Å². The Bertz CT molecular complexity index is 577. The highest BCUT2D eigenvalue weighted by atomic mass is 35.5. The van der Waals surface area contributed by atoms with Gasteiger partial charge < -0.3 is 10.5 Å². The van der Waals surface area contributed by atoms with Crippen LogP contribution in [0.5, 0.6) is 0 Å². The summed E-state index contributed by atoms with van der Waals surface area (Å²) in [5, 5.41) is 3.79. The van der Waals surface area contributed by atoms with E-state index in [-0.39, 0.29) is 16.6 Å². The van der Waals surface area contributed by atoms with E-state index in [0.29, 0.717) is 0 Å². The van der Waals surface area contributed by atoms with Gasteiger partial charge in [0, 0.05) is 19.3 Å². The van der Waals surface area contributed by atoms with E-state index in [0.717, 1.165) is 16.9 Å². The van der Waals surface area contributed by atoms with Crippen LogP contribution in [0.4, 0.5) is 0 Å². The maximum absolute atomic E-state index is 11.6. The Morgan fingerprint density at radius 2 is 2.28 bits per heavy atom. The lowest BCUT2D eigenvalue weighted by Gasteiger charge is -2.07. The SMILES string of the molecule is CN=C(Cl)C(=CN)n1nc(C(=O)OC)ccc1=O. The molecule has 0 saturated heterocycles. The highest BCUT2D eigenvalue weighted by Crippen LogP contribution is 2.06. The van der Waals surface area contributed by atoms with Crippen LogP contribution in [-0.2, 0) is 4.74 Å². The van der Waals surface area contributed by atoms with Crippen molar-refractivity contribution >= 4 is 28.4 Å². The largest absolute Gasteiger partial charge is 0.464 e. The topological polar surface area (TPSA) is 99.6 Å². The lowest BCUT2D eigenvalue weighted by atomic mass is 10.4. The van der Waals surface area contributed by atoms with Gasteiger partial charge in [0.2, 0.25) is 0 Å². The number of ether oxygens (including phenoxy) is 1. The molecule has 0 aromatic carbocycles. The molecule has 0 aliphatic rings. The first-order valence-electron chi connectivity index (χ1n) is 4.78. The van der Waals surface area contributed by atoms with Crippen molar-refractivity contribution in [2.75, 3.05) is 14.2 Å². The highest BCUT2D eigenvalue weighted by molar-refractivity contribution is 6.75. The molecule has 96 valence electrons. The summed E-state index contributed by atoms with van der Waals surface area (Å²) in [6.45, 7) is 0. The number of methoxy groups -OCH3 is 1. The van der Waals surface area contributed by atoms with Gasteiger partial charge in [-0.05, 0) is 6.07 Å². The first-order valence-corrected chi connectivity index (χ1v) is 5.16. The van der Waals surface area contributed by atoms with Gasteiger partial charge in [-0.3, -0.25) is 9.79 Å². The molecule has 2 N–H and O–H groups in total. The zero-order chi connectivity index (χ0) is 13.7. The summed E-state index contributed by atoms with van der Waals surface area (Å²) >= 11 is 5.79. The van der Waals surface area contributed by atoms with Crippen molar-refractivity contribution < 1.29 is 9.53 Å². The number of hydrogen-bond donors (Lipinski definition) is 1. The monoisotopic (exact) mass is 270 g/mol. The molecule has 18 heavy (non-hydrogen) atoms. The van der Waals surface area contributed by atoms with Crippen molar-refractivity contribution in [3.8, 4) is 0 Å². The van der Waals surface area contributed by atoms with Crippen molar-refractivity contribution in [2.24, 2.45) is 10.7 Å². The first kappa shape index (κ1) is 13.9. The minimum Gasteiger partial charge on any atom is -0.464 e. The Labute approximate surface area is 108 Å². The number of hydrogen-bond acceptors (Lipinski definition) is 6. The average Bonchev–Trinajstić information content (AvgIpc) is 2.40. The van der Waals surface area contributed by atoms with E-state index >= 15 is 0 Å². The van der Waals surface area contributed by atoms with E-state index in [1.54, 1.807) is 0 Å². The molecule has 0 aliphatic heterocycles. The quantitative estimate of drug-likeness (QED) is 0.618. The van der Waals surface area contributed by atoms with E-state index in [9.17, 15) is 9.59 Å². The lowest BCUT2D eigenvalue weighted by molar-refractivity contribution is 0.0592. The van der Waals surface area contributed by atoms with Gasteiger partial charge in [0.05, 0.1) is 7.11 Å². The van der Waals surface area contributed by atoms with Crippen molar-refractivity contribution in [3.05, 3.63) is 34.4 Å². The number of aromatic nitrogens is 2. The Kier molecular flexibility index (Phi) is 4.61. The third kappa shape index (κ3) is 2.75. The second kappa shape index (κ2) is 5.97. The molecule has 0 aliphatic carbocycles. The molecular formula is C10H11ClN4O3. The molecule has 1 rings (SSSR count). The van der Waals surface area contributed by atoms with Gasteiger partial charge in [-0.2, -0.15) is 9.78 Å². The molecule has 0 saturated carbocycles. The summed E-state index contributed by atoms with van der Waals surface area (Å²) in [5.41, 5.74) is 4.90. The Balaban J connectivity index is 3.40. The van der Waals surface area contributed by atoms with Crippen LogP contribution in [0.1, 0.15) is 10.5 Å². The van der Waals surface area contributed by atoms with Gasteiger partial charge >= 0.3 is 5.97 Å². The Morgan fingerprint density at radius 3 is 2.78 bits per heavy atom. The molecule has 0 unspecified atom stereocenters. The normalized spacial score (nSPS) is 12.4.